The van der Waals surface area contributed by atoms with E-state index >= 15 is 0 Å². The van der Waals surface area contributed by atoms with Crippen molar-refractivity contribution in [2.75, 3.05) is 13.2 Å². The van der Waals surface area contributed by atoms with E-state index in [2.05, 4.69) is 0 Å². The molecule has 24 heavy (non-hydrogen) atoms. The summed E-state index contributed by atoms with van der Waals surface area (Å²) in [6.07, 6.45) is 2.56. The van der Waals surface area contributed by atoms with Gasteiger partial charge in [-0.25, -0.2) is 0 Å². The molecule has 4 rings (SSSR count). The molecule has 2 aromatic rings. The molecule has 1 atom stereocenters. The first-order valence-corrected chi connectivity index (χ1v) is 8.36. The third-order valence-corrected chi connectivity index (χ3v) is 4.98. The molecule has 2 aliphatic rings. The second-order valence-corrected chi connectivity index (χ2v) is 6.59. The van der Waals surface area contributed by atoms with Crippen LogP contribution in [0.4, 0.5) is 0 Å². The Hall–Kier alpha value is -2.33. The molecule has 1 saturated heterocycles. The molecule has 1 N–H and O–H groups in total. The van der Waals surface area contributed by atoms with E-state index < -0.39 is 11.4 Å². The van der Waals surface area contributed by atoms with Crippen molar-refractivity contribution in [3.8, 4) is 16.9 Å². The van der Waals surface area contributed by atoms with Crippen LogP contribution in [0.2, 0.25) is 0 Å². The second kappa shape index (κ2) is 5.95. The summed E-state index contributed by atoms with van der Waals surface area (Å²) in [4.78, 5) is 11.4. The van der Waals surface area contributed by atoms with E-state index in [1.807, 2.05) is 48.5 Å². The van der Waals surface area contributed by atoms with Gasteiger partial charge in [-0.1, -0.05) is 36.4 Å². The minimum atomic E-state index is -0.715. The predicted molar refractivity (Wildman–Crippen MR) is 90.3 cm³/mol. The summed E-state index contributed by atoms with van der Waals surface area (Å²) < 4.78 is 11.2. The van der Waals surface area contributed by atoms with Gasteiger partial charge >= 0.3 is 5.97 Å². The number of carboxylic acid groups (broad SMARTS) is 1. The molecule has 2 fully saturated rings. The van der Waals surface area contributed by atoms with Crippen molar-refractivity contribution in [1.82, 2.24) is 0 Å². The van der Waals surface area contributed by atoms with Crippen LogP contribution >= 0.6 is 0 Å². The van der Waals surface area contributed by atoms with Crippen LogP contribution in [0.5, 0.6) is 5.75 Å². The lowest BCUT2D eigenvalue weighted by Gasteiger charge is -2.13. The first-order chi connectivity index (χ1) is 11.7. The summed E-state index contributed by atoms with van der Waals surface area (Å²) in [5.41, 5.74) is 2.44. The maximum atomic E-state index is 11.4. The van der Waals surface area contributed by atoms with Gasteiger partial charge in [-0.15, -0.1) is 0 Å². The number of carbonyl (C=O) groups is 1. The monoisotopic (exact) mass is 324 g/mol. The minimum Gasteiger partial charge on any atom is -0.488 e. The normalized spacial score (nSPS) is 21.4. The smallest absolute Gasteiger partial charge is 0.314 e. The van der Waals surface area contributed by atoms with Crippen LogP contribution in [-0.2, 0) is 14.9 Å². The van der Waals surface area contributed by atoms with Crippen molar-refractivity contribution < 1.29 is 19.4 Å². The minimum absolute atomic E-state index is 0.154. The second-order valence-electron chi connectivity index (χ2n) is 6.59. The first kappa shape index (κ1) is 15.2. The highest BCUT2D eigenvalue weighted by atomic mass is 16.5. The molecule has 2 aromatic carbocycles. The molecule has 1 aliphatic heterocycles. The van der Waals surface area contributed by atoms with Crippen LogP contribution in [0, 0.1) is 0 Å². The highest BCUT2D eigenvalue weighted by molar-refractivity contribution is 5.85. The molecule has 1 heterocycles. The fourth-order valence-corrected chi connectivity index (χ4v) is 3.26. The Labute approximate surface area is 141 Å². The average Bonchev–Trinajstić information content (AvgIpc) is 3.28. The number of hydrogen-bond acceptors (Lipinski definition) is 3. The molecule has 0 radical (unpaired) electrons. The molecule has 124 valence electrons. The molecule has 4 heteroatoms. The van der Waals surface area contributed by atoms with Crippen LogP contribution in [-0.4, -0.2) is 30.4 Å². The first-order valence-electron chi connectivity index (χ1n) is 8.36. The SMILES string of the molecule is O=C(O)C1(c2ccc(-c3ccc(OC4CCOC4)cc3)cc2)CC1. The molecule has 1 aliphatic carbocycles. The summed E-state index contributed by atoms with van der Waals surface area (Å²) in [6.45, 7) is 1.43. The topological polar surface area (TPSA) is 55.8 Å². The molecule has 0 aromatic heterocycles. The number of carboxylic acids is 1. The maximum absolute atomic E-state index is 11.4. The van der Waals surface area contributed by atoms with Crippen molar-refractivity contribution in [2.24, 2.45) is 0 Å². The van der Waals surface area contributed by atoms with Gasteiger partial charge in [0.2, 0.25) is 0 Å². The van der Waals surface area contributed by atoms with E-state index in [9.17, 15) is 9.90 Å². The standard InChI is InChI=1S/C20H20O4/c21-19(22)20(10-11-20)16-5-1-14(2-6-16)15-3-7-17(8-4-15)24-18-9-12-23-13-18/h1-8,18H,9-13H2,(H,21,22). The molecule has 0 spiro atoms. The third kappa shape index (κ3) is 2.78. The van der Waals surface area contributed by atoms with Gasteiger partial charge in [-0.2, -0.15) is 0 Å². The number of rotatable bonds is 5. The summed E-state index contributed by atoms with van der Waals surface area (Å²) in [6, 6.07) is 15.9. The summed E-state index contributed by atoms with van der Waals surface area (Å²) >= 11 is 0. The fourth-order valence-electron chi connectivity index (χ4n) is 3.26. The zero-order valence-electron chi connectivity index (χ0n) is 13.4. The van der Waals surface area contributed by atoms with E-state index in [0.29, 0.717) is 6.61 Å². The summed E-state index contributed by atoms with van der Waals surface area (Å²) in [5.74, 6) is 0.140. The van der Waals surface area contributed by atoms with Crippen LogP contribution in [0.15, 0.2) is 48.5 Å². The van der Waals surface area contributed by atoms with Crippen molar-refractivity contribution in [1.29, 1.82) is 0 Å². The third-order valence-electron chi connectivity index (χ3n) is 4.98. The zero-order chi connectivity index (χ0) is 16.6. The van der Waals surface area contributed by atoms with Crippen molar-refractivity contribution in [3.63, 3.8) is 0 Å². The van der Waals surface area contributed by atoms with Crippen LogP contribution < -0.4 is 4.74 Å². The van der Waals surface area contributed by atoms with Crippen LogP contribution in [0.3, 0.4) is 0 Å². The average molecular weight is 324 g/mol. The van der Waals surface area contributed by atoms with Crippen molar-refractivity contribution in [3.05, 3.63) is 54.1 Å². The highest BCUT2D eigenvalue weighted by Gasteiger charge is 2.51. The Morgan fingerprint density at radius 1 is 1.04 bits per heavy atom. The number of hydrogen-bond donors (Lipinski definition) is 1. The van der Waals surface area contributed by atoms with Gasteiger partial charge in [0.15, 0.2) is 0 Å². The molecule has 1 unspecified atom stereocenters. The Kier molecular flexibility index (Phi) is 3.77. The largest absolute Gasteiger partial charge is 0.488 e. The van der Waals surface area contributed by atoms with Gasteiger partial charge in [-0.3, -0.25) is 4.79 Å². The van der Waals surface area contributed by atoms with Crippen LogP contribution in [0.25, 0.3) is 11.1 Å². The van der Waals surface area contributed by atoms with E-state index in [-0.39, 0.29) is 6.10 Å². The van der Waals surface area contributed by atoms with Crippen molar-refractivity contribution in [2.45, 2.75) is 30.8 Å². The van der Waals surface area contributed by atoms with Crippen LogP contribution in [0.1, 0.15) is 24.8 Å². The van der Waals surface area contributed by atoms with Crippen molar-refractivity contribution >= 4 is 5.97 Å². The van der Waals surface area contributed by atoms with E-state index in [1.54, 1.807) is 0 Å². The lowest BCUT2D eigenvalue weighted by Crippen LogP contribution is -2.19. The van der Waals surface area contributed by atoms with E-state index in [0.717, 1.165) is 48.3 Å². The molecular weight excluding hydrogens is 304 g/mol. The zero-order valence-corrected chi connectivity index (χ0v) is 13.4. The van der Waals surface area contributed by atoms with Gasteiger partial charge in [-0.05, 0) is 41.7 Å². The fraction of sp³-hybridized carbons (Fsp3) is 0.350. The lowest BCUT2D eigenvalue weighted by molar-refractivity contribution is -0.140. The number of benzene rings is 2. The van der Waals surface area contributed by atoms with Gasteiger partial charge in [0.1, 0.15) is 11.9 Å². The van der Waals surface area contributed by atoms with E-state index in [4.69, 9.17) is 9.47 Å². The Balaban J connectivity index is 1.48. The Bertz CT molecular complexity index is 723. The van der Waals surface area contributed by atoms with Gasteiger partial charge in [0.25, 0.3) is 0 Å². The predicted octanol–water partition coefficient (Wildman–Crippen LogP) is 3.64. The van der Waals surface area contributed by atoms with Gasteiger partial charge < -0.3 is 14.6 Å². The maximum Gasteiger partial charge on any atom is 0.314 e. The quantitative estimate of drug-likeness (QED) is 0.912. The Morgan fingerprint density at radius 2 is 1.67 bits per heavy atom. The summed E-state index contributed by atoms with van der Waals surface area (Å²) in [7, 11) is 0. The Morgan fingerprint density at radius 3 is 2.17 bits per heavy atom. The molecule has 0 amide bonds. The number of aliphatic carboxylic acids is 1. The lowest BCUT2D eigenvalue weighted by atomic mass is 9.94. The molecular formula is C20H20O4. The highest BCUT2D eigenvalue weighted by Crippen LogP contribution is 2.48. The van der Waals surface area contributed by atoms with Gasteiger partial charge in [0, 0.05) is 6.42 Å². The molecule has 1 saturated carbocycles. The van der Waals surface area contributed by atoms with Gasteiger partial charge in [0.05, 0.1) is 18.6 Å². The molecule has 0 bridgehead atoms. The van der Waals surface area contributed by atoms with E-state index in [1.165, 1.54) is 0 Å². The summed E-state index contributed by atoms with van der Waals surface area (Å²) in [5, 5.41) is 9.37. The molecule has 4 nitrogen and oxygen atoms in total. The number of ether oxygens (including phenoxy) is 2.